The van der Waals surface area contributed by atoms with Crippen molar-refractivity contribution in [2.24, 2.45) is 7.05 Å². The Hall–Kier alpha value is -4.32. The first-order chi connectivity index (χ1) is 21.0. The van der Waals surface area contributed by atoms with Gasteiger partial charge in [-0.1, -0.05) is 37.1 Å². The summed E-state index contributed by atoms with van der Waals surface area (Å²) in [5, 5.41) is 7.71. The molecule has 1 N–H and O–H groups in total. The number of amides is 1. The van der Waals surface area contributed by atoms with Gasteiger partial charge >= 0.3 is 11.8 Å². The first kappa shape index (κ1) is 29.7. The third-order valence-electron chi connectivity index (χ3n) is 8.29. The predicted octanol–water partition coefficient (Wildman–Crippen LogP) is 4.37. The number of nitrogens with zero attached hydrogens (tertiary/aromatic N) is 6. The molecule has 2 aromatic rings. The van der Waals surface area contributed by atoms with Gasteiger partial charge in [0.15, 0.2) is 17.3 Å². The van der Waals surface area contributed by atoms with Crippen molar-refractivity contribution in [3.05, 3.63) is 62.8 Å². The van der Waals surface area contributed by atoms with Crippen LogP contribution in [0.3, 0.4) is 0 Å². The van der Waals surface area contributed by atoms with Crippen molar-refractivity contribution in [1.29, 1.82) is 0 Å². The number of hydrogen-bond donors (Lipinski definition) is 1. The van der Waals surface area contributed by atoms with Crippen LogP contribution in [-0.2, 0) is 18.3 Å². The summed E-state index contributed by atoms with van der Waals surface area (Å²) in [5.41, 5.74) is 0.595. The molecule has 1 amide bonds. The van der Waals surface area contributed by atoms with E-state index in [4.69, 9.17) is 14.3 Å². The molecular weight excluding hydrogens is 562 g/mol. The van der Waals surface area contributed by atoms with E-state index in [1.54, 1.807) is 10.7 Å². The number of aromatic nitrogens is 5. The van der Waals surface area contributed by atoms with Crippen molar-refractivity contribution in [3.8, 4) is 34.4 Å². The second-order valence-electron chi connectivity index (χ2n) is 12.8. The zero-order valence-electron chi connectivity index (χ0n) is 25.7. The van der Waals surface area contributed by atoms with Crippen molar-refractivity contribution in [2.45, 2.75) is 83.5 Å². The van der Waals surface area contributed by atoms with E-state index in [2.05, 4.69) is 32.3 Å². The molecule has 1 saturated carbocycles. The molecule has 1 saturated heterocycles. The van der Waals surface area contributed by atoms with E-state index in [9.17, 15) is 14.4 Å². The Morgan fingerprint density at radius 2 is 1.66 bits per heavy atom. The molecule has 1 aromatic heterocycles. The first-order valence-electron chi connectivity index (χ1n) is 15.3. The van der Waals surface area contributed by atoms with Crippen molar-refractivity contribution < 1.29 is 13.9 Å². The third kappa shape index (κ3) is 6.45. The summed E-state index contributed by atoms with van der Waals surface area (Å²) in [7, 11) is 1.40. The van der Waals surface area contributed by atoms with Crippen LogP contribution in [0.25, 0.3) is 34.4 Å². The first-order valence-corrected chi connectivity index (χ1v) is 15.3. The van der Waals surface area contributed by atoms with E-state index in [0.717, 1.165) is 68.3 Å². The third-order valence-corrected chi connectivity index (χ3v) is 8.29. The Labute approximate surface area is 255 Å². The molecule has 0 atom stereocenters. The highest BCUT2D eigenvalue weighted by atomic mass is 16.6. The zero-order chi connectivity index (χ0) is 31.0. The normalized spacial score (nSPS) is 16.9. The molecule has 0 bridgehead atoms. The van der Waals surface area contributed by atoms with Gasteiger partial charge in [-0.05, 0) is 64.2 Å². The van der Waals surface area contributed by atoms with Gasteiger partial charge in [-0.2, -0.15) is 4.98 Å². The molecule has 3 aliphatic heterocycles. The van der Waals surface area contributed by atoms with Crippen molar-refractivity contribution >= 4 is 6.09 Å². The maximum absolute atomic E-state index is 13.0. The number of likely N-dealkylation sites (tertiary alicyclic amines) is 1. The lowest BCUT2D eigenvalue weighted by molar-refractivity contribution is 0.0477. The minimum atomic E-state index is -0.617. The van der Waals surface area contributed by atoms with Crippen LogP contribution in [0.4, 0.5) is 4.79 Å². The van der Waals surface area contributed by atoms with Crippen LogP contribution in [0, 0.1) is 0 Å². The monoisotopic (exact) mass is 601 g/mol. The molecule has 232 valence electrons. The van der Waals surface area contributed by atoms with Gasteiger partial charge in [0.25, 0.3) is 5.56 Å². The van der Waals surface area contributed by atoms with E-state index in [0.29, 0.717) is 11.5 Å². The number of carbonyl (C=O) groups is 1. The van der Waals surface area contributed by atoms with Gasteiger partial charge < -0.3 is 14.5 Å². The number of alkyl carbamates (subject to hydrolysis) is 1. The Kier molecular flexibility index (Phi) is 8.10. The molecule has 0 radical (unpaired) electrons. The lowest BCUT2D eigenvalue weighted by Crippen LogP contribution is -2.45. The number of furan rings is 1. The van der Waals surface area contributed by atoms with Crippen LogP contribution < -0.4 is 16.6 Å². The average molecular weight is 602 g/mol. The molecule has 4 aliphatic rings. The number of rotatable bonds is 6. The SMILES string of the molecule is Cn1c(=O)nc2n(C3CCCC3)nc(-c3ccc(-c4ccc(CN5CCC(NC(=O)OC(C)(C)C)CC5)cc4)o3)nc-2c1=O. The van der Waals surface area contributed by atoms with E-state index in [1.165, 1.54) is 12.6 Å². The fourth-order valence-corrected chi connectivity index (χ4v) is 5.96. The van der Waals surface area contributed by atoms with Gasteiger partial charge in [-0.25, -0.2) is 19.3 Å². The highest BCUT2D eigenvalue weighted by molar-refractivity contribution is 5.68. The number of piperidine rings is 1. The number of nitrogens with one attached hydrogen (secondary N) is 1. The van der Waals surface area contributed by atoms with Gasteiger partial charge in [0.2, 0.25) is 5.82 Å². The molecule has 12 nitrogen and oxygen atoms in total. The van der Waals surface area contributed by atoms with E-state index >= 15 is 0 Å². The predicted molar refractivity (Wildman–Crippen MR) is 164 cm³/mol. The van der Waals surface area contributed by atoms with E-state index in [-0.39, 0.29) is 35.5 Å². The molecule has 12 heteroatoms. The topological polar surface area (TPSA) is 137 Å². The zero-order valence-corrected chi connectivity index (χ0v) is 25.7. The van der Waals surface area contributed by atoms with Gasteiger partial charge in [-0.15, -0.1) is 5.10 Å². The number of hydrogen-bond acceptors (Lipinski definition) is 9. The van der Waals surface area contributed by atoms with Gasteiger partial charge in [-0.3, -0.25) is 14.3 Å². The molecule has 0 unspecified atom stereocenters. The van der Waals surface area contributed by atoms with Crippen molar-refractivity contribution in [1.82, 2.24) is 34.5 Å². The summed E-state index contributed by atoms with van der Waals surface area (Å²) in [6.45, 7) is 8.21. The highest BCUT2D eigenvalue weighted by Gasteiger charge is 2.28. The quantitative estimate of drug-likeness (QED) is 0.342. The minimum Gasteiger partial charge on any atom is -0.453 e. The standard InChI is InChI=1S/C32H39N7O5/c1-32(2,3)44-31(42)33-22-15-17-38(18-16-22)19-20-9-11-21(12-10-20)24-13-14-25(43-24)27-34-26-28(35-30(41)37(4)29(26)40)39(36-27)23-7-5-6-8-23/h9-14,22-23H,5-8,15-19H2,1-4H3,(H,33,42). The van der Waals surface area contributed by atoms with Crippen molar-refractivity contribution in [2.75, 3.05) is 13.1 Å². The van der Waals surface area contributed by atoms with Gasteiger partial charge in [0.05, 0.1) is 6.04 Å². The second kappa shape index (κ2) is 12.0. The summed E-state index contributed by atoms with van der Waals surface area (Å²) in [5.74, 6) is 1.61. The summed E-state index contributed by atoms with van der Waals surface area (Å²) in [4.78, 5) is 48.4. The molecule has 44 heavy (non-hydrogen) atoms. The van der Waals surface area contributed by atoms with Crippen LogP contribution >= 0.6 is 0 Å². The number of fused-ring (bicyclic) bond motifs is 1. The Balaban J connectivity index is 1.14. The average Bonchev–Trinajstić information content (AvgIpc) is 3.70. The Morgan fingerprint density at radius 1 is 0.977 bits per heavy atom. The van der Waals surface area contributed by atoms with Crippen LogP contribution in [-0.4, -0.2) is 60.0 Å². The lowest BCUT2D eigenvalue weighted by atomic mass is 10.0. The van der Waals surface area contributed by atoms with Crippen LogP contribution in [0.2, 0.25) is 0 Å². The molecule has 0 spiro atoms. The highest BCUT2D eigenvalue weighted by Crippen LogP contribution is 2.33. The van der Waals surface area contributed by atoms with Crippen molar-refractivity contribution in [3.63, 3.8) is 0 Å². The minimum absolute atomic E-state index is 0.0484. The molecule has 4 heterocycles. The number of ether oxygens (including phenoxy) is 1. The fourth-order valence-electron chi connectivity index (χ4n) is 5.96. The summed E-state index contributed by atoms with van der Waals surface area (Å²) >= 11 is 0. The summed E-state index contributed by atoms with van der Waals surface area (Å²) in [6.07, 6.45) is 5.31. The second-order valence-corrected chi connectivity index (χ2v) is 12.8. The number of carbonyl (C=O) groups excluding carboxylic acids is 1. The van der Waals surface area contributed by atoms with Crippen LogP contribution in [0.15, 0.2) is 50.4 Å². The maximum atomic E-state index is 13.0. The maximum Gasteiger partial charge on any atom is 0.407 e. The van der Waals surface area contributed by atoms with Crippen LogP contribution in [0.5, 0.6) is 0 Å². The molecule has 2 fully saturated rings. The van der Waals surface area contributed by atoms with Gasteiger partial charge in [0, 0.05) is 38.3 Å². The van der Waals surface area contributed by atoms with Crippen LogP contribution in [0.1, 0.15) is 70.9 Å². The number of benzene rings is 1. The van der Waals surface area contributed by atoms with E-state index in [1.807, 2.05) is 39.0 Å². The fraction of sp³-hybridized carbons (Fsp3) is 0.500. The molecule has 1 aliphatic carbocycles. The lowest BCUT2D eigenvalue weighted by Gasteiger charge is -2.32. The largest absolute Gasteiger partial charge is 0.453 e. The molecule has 1 aromatic carbocycles. The summed E-state index contributed by atoms with van der Waals surface area (Å²) in [6, 6.07) is 12.1. The Morgan fingerprint density at radius 3 is 2.34 bits per heavy atom. The van der Waals surface area contributed by atoms with E-state index < -0.39 is 16.9 Å². The Bertz CT molecular complexity index is 1720. The molecule has 6 rings (SSSR count). The smallest absolute Gasteiger partial charge is 0.407 e. The van der Waals surface area contributed by atoms with Gasteiger partial charge in [0.1, 0.15) is 11.4 Å². The summed E-state index contributed by atoms with van der Waals surface area (Å²) < 4.78 is 14.2. The molecular formula is C32H39N7O5.